The van der Waals surface area contributed by atoms with Gasteiger partial charge in [0.15, 0.2) is 5.60 Å². The number of ether oxygens (including phenoxy) is 1. The number of carbonyl (C=O) groups excluding carboxylic acids is 2. The van der Waals surface area contributed by atoms with Crippen LogP contribution in [0.2, 0.25) is 0 Å². The van der Waals surface area contributed by atoms with E-state index in [0.717, 1.165) is 5.56 Å². The van der Waals surface area contributed by atoms with Crippen LogP contribution in [0, 0.1) is 0 Å². The number of esters is 1. The minimum Gasteiger partial charge on any atom is -0.469 e. The molecule has 2 aromatic carbocycles. The number of hydrogen-bond donors (Lipinski definition) is 1. The molecule has 118 valence electrons. The first kappa shape index (κ1) is 15.2. The molecule has 0 saturated heterocycles. The largest absolute Gasteiger partial charge is 0.469 e. The summed E-state index contributed by atoms with van der Waals surface area (Å²) in [5, 5.41) is 10.9. The third kappa shape index (κ3) is 2.59. The van der Waals surface area contributed by atoms with Crippen molar-refractivity contribution in [3.8, 4) is 0 Å². The molecule has 5 heteroatoms. The molecule has 1 aliphatic heterocycles. The highest BCUT2D eigenvalue weighted by Gasteiger charge is 2.51. The van der Waals surface area contributed by atoms with Gasteiger partial charge in [-0.05, 0) is 11.6 Å². The Labute approximate surface area is 134 Å². The predicted octanol–water partition coefficient (Wildman–Crippen LogP) is 1.98. The Bertz CT molecular complexity index is 744. The number of amides is 1. The van der Waals surface area contributed by atoms with Gasteiger partial charge in [0.1, 0.15) is 0 Å². The van der Waals surface area contributed by atoms with Crippen molar-refractivity contribution in [1.82, 2.24) is 0 Å². The highest BCUT2D eigenvalue weighted by molar-refractivity contribution is 6.08. The van der Waals surface area contributed by atoms with Crippen molar-refractivity contribution in [3.05, 3.63) is 65.7 Å². The monoisotopic (exact) mass is 311 g/mol. The average Bonchev–Trinajstić information content (AvgIpc) is 2.78. The maximum absolute atomic E-state index is 12.8. The number of carbonyl (C=O) groups is 2. The minimum atomic E-state index is -1.88. The summed E-state index contributed by atoms with van der Waals surface area (Å²) in [7, 11) is 1.23. The number of anilines is 1. The quantitative estimate of drug-likeness (QED) is 0.877. The fourth-order valence-electron chi connectivity index (χ4n) is 2.88. The topological polar surface area (TPSA) is 66.8 Å². The van der Waals surface area contributed by atoms with E-state index in [1.54, 1.807) is 24.3 Å². The van der Waals surface area contributed by atoms with Crippen molar-refractivity contribution in [2.24, 2.45) is 0 Å². The smallest absolute Gasteiger partial charge is 0.309 e. The molecule has 2 aromatic rings. The van der Waals surface area contributed by atoms with Crippen LogP contribution in [-0.4, -0.2) is 24.1 Å². The average molecular weight is 311 g/mol. The van der Waals surface area contributed by atoms with Crippen molar-refractivity contribution in [2.45, 2.75) is 18.6 Å². The molecule has 0 radical (unpaired) electrons. The molecule has 23 heavy (non-hydrogen) atoms. The van der Waals surface area contributed by atoms with Crippen molar-refractivity contribution >= 4 is 17.6 Å². The molecule has 0 fully saturated rings. The van der Waals surface area contributed by atoms with Crippen LogP contribution in [0.25, 0.3) is 0 Å². The summed E-state index contributed by atoms with van der Waals surface area (Å²) in [5.74, 6) is -1.13. The Kier molecular flexibility index (Phi) is 3.88. The Hall–Kier alpha value is -2.66. The van der Waals surface area contributed by atoms with Gasteiger partial charge in [-0.1, -0.05) is 48.5 Å². The van der Waals surface area contributed by atoms with E-state index in [1.807, 2.05) is 30.3 Å². The fraction of sp³-hybridized carbons (Fsp3) is 0.222. The van der Waals surface area contributed by atoms with Crippen LogP contribution in [0.1, 0.15) is 17.5 Å². The Morgan fingerprint density at radius 1 is 1.13 bits per heavy atom. The SMILES string of the molecule is COC(=O)CC1(O)C(=O)N(Cc2ccccc2)c2ccccc21. The van der Waals surface area contributed by atoms with Crippen LogP contribution in [0.3, 0.4) is 0 Å². The third-order valence-electron chi connectivity index (χ3n) is 4.05. The second kappa shape index (κ2) is 5.85. The van der Waals surface area contributed by atoms with Gasteiger partial charge in [0.05, 0.1) is 25.8 Å². The van der Waals surface area contributed by atoms with E-state index in [4.69, 9.17) is 0 Å². The van der Waals surface area contributed by atoms with Crippen molar-refractivity contribution in [1.29, 1.82) is 0 Å². The molecule has 3 rings (SSSR count). The summed E-state index contributed by atoms with van der Waals surface area (Å²) in [6.07, 6.45) is -0.398. The van der Waals surface area contributed by atoms with E-state index >= 15 is 0 Å². The van der Waals surface area contributed by atoms with Crippen LogP contribution in [0.5, 0.6) is 0 Å². The summed E-state index contributed by atoms with van der Waals surface area (Å²) >= 11 is 0. The zero-order valence-electron chi connectivity index (χ0n) is 12.7. The normalized spacial score (nSPS) is 19.6. The number of hydrogen-bond acceptors (Lipinski definition) is 4. The van der Waals surface area contributed by atoms with Crippen LogP contribution in [0.15, 0.2) is 54.6 Å². The fourth-order valence-corrected chi connectivity index (χ4v) is 2.88. The van der Waals surface area contributed by atoms with E-state index in [-0.39, 0.29) is 0 Å². The molecule has 1 heterocycles. The Morgan fingerprint density at radius 3 is 2.48 bits per heavy atom. The standard InChI is InChI=1S/C18H17NO4/c1-23-16(20)11-18(22)14-9-5-6-10-15(14)19(17(18)21)12-13-7-3-2-4-8-13/h2-10,22H,11-12H2,1H3. The second-order valence-electron chi connectivity index (χ2n) is 5.51. The molecule has 0 aliphatic carbocycles. The van der Waals surface area contributed by atoms with E-state index in [9.17, 15) is 14.7 Å². The lowest BCUT2D eigenvalue weighted by molar-refractivity contribution is -0.153. The van der Waals surface area contributed by atoms with E-state index < -0.39 is 23.9 Å². The number of methoxy groups -OCH3 is 1. The van der Waals surface area contributed by atoms with Gasteiger partial charge in [-0.15, -0.1) is 0 Å². The first-order chi connectivity index (χ1) is 11.1. The van der Waals surface area contributed by atoms with Crippen LogP contribution >= 0.6 is 0 Å². The number of nitrogens with zero attached hydrogens (tertiary/aromatic N) is 1. The molecule has 5 nitrogen and oxygen atoms in total. The Morgan fingerprint density at radius 2 is 1.78 bits per heavy atom. The van der Waals surface area contributed by atoms with E-state index in [1.165, 1.54) is 12.0 Å². The molecular formula is C18H17NO4. The van der Waals surface area contributed by atoms with Gasteiger partial charge in [0.25, 0.3) is 5.91 Å². The highest BCUT2D eigenvalue weighted by Crippen LogP contribution is 2.43. The van der Waals surface area contributed by atoms with Gasteiger partial charge in [-0.25, -0.2) is 0 Å². The molecule has 1 amide bonds. The zero-order chi connectivity index (χ0) is 16.4. The second-order valence-corrected chi connectivity index (χ2v) is 5.51. The number of benzene rings is 2. The van der Waals surface area contributed by atoms with Crippen LogP contribution in [0.4, 0.5) is 5.69 Å². The van der Waals surface area contributed by atoms with Gasteiger partial charge in [0.2, 0.25) is 0 Å². The molecule has 1 atom stereocenters. The van der Waals surface area contributed by atoms with Crippen molar-refractivity contribution in [3.63, 3.8) is 0 Å². The van der Waals surface area contributed by atoms with Gasteiger partial charge < -0.3 is 14.7 Å². The maximum atomic E-state index is 12.8. The first-order valence-corrected chi connectivity index (χ1v) is 7.31. The lowest BCUT2D eigenvalue weighted by Crippen LogP contribution is -2.41. The van der Waals surface area contributed by atoms with Gasteiger partial charge in [0, 0.05) is 5.56 Å². The lowest BCUT2D eigenvalue weighted by atomic mass is 9.92. The molecule has 0 aromatic heterocycles. The minimum absolute atomic E-state index is 0.334. The van der Waals surface area contributed by atoms with E-state index in [2.05, 4.69) is 4.74 Å². The lowest BCUT2D eigenvalue weighted by Gasteiger charge is -2.22. The summed E-state index contributed by atoms with van der Waals surface area (Å²) in [6, 6.07) is 16.5. The highest BCUT2D eigenvalue weighted by atomic mass is 16.5. The summed E-state index contributed by atoms with van der Waals surface area (Å²) in [4.78, 5) is 26.0. The van der Waals surface area contributed by atoms with Gasteiger partial charge in [-0.3, -0.25) is 9.59 Å². The number of fused-ring (bicyclic) bond motifs is 1. The van der Waals surface area contributed by atoms with Gasteiger partial charge >= 0.3 is 5.97 Å². The molecule has 0 bridgehead atoms. The summed E-state index contributed by atoms with van der Waals surface area (Å²) < 4.78 is 4.62. The number of para-hydroxylation sites is 1. The number of rotatable bonds is 4. The summed E-state index contributed by atoms with van der Waals surface area (Å²) in [6.45, 7) is 0.334. The molecule has 1 unspecified atom stereocenters. The zero-order valence-corrected chi connectivity index (χ0v) is 12.7. The summed E-state index contributed by atoms with van der Waals surface area (Å²) in [5.41, 5.74) is 0.121. The van der Waals surface area contributed by atoms with Crippen molar-refractivity contribution < 1.29 is 19.4 Å². The predicted molar refractivity (Wildman–Crippen MR) is 84.6 cm³/mol. The van der Waals surface area contributed by atoms with Gasteiger partial charge in [-0.2, -0.15) is 0 Å². The molecule has 1 N–H and O–H groups in total. The third-order valence-corrected chi connectivity index (χ3v) is 4.05. The van der Waals surface area contributed by atoms with Crippen molar-refractivity contribution in [2.75, 3.05) is 12.0 Å². The maximum Gasteiger partial charge on any atom is 0.309 e. The van der Waals surface area contributed by atoms with E-state index in [0.29, 0.717) is 17.8 Å². The molecule has 1 aliphatic rings. The molecule has 0 spiro atoms. The Balaban J connectivity index is 2.00. The van der Waals surface area contributed by atoms with Crippen LogP contribution in [-0.2, 0) is 26.5 Å². The molecule has 0 saturated carbocycles. The van der Waals surface area contributed by atoms with Crippen LogP contribution < -0.4 is 4.90 Å². The number of aliphatic hydroxyl groups is 1. The first-order valence-electron chi connectivity index (χ1n) is 7.31. The molecular weight excluding hydrogens is 294 g/mol.